The van der Waals surface area contributed by atoms with Crippen molar-refractivity contribution in [3.63, 3.8) is 0 Å². The Balaban J connectivity index is 2.16. The maximum Gasteiger partial charge on any atom is 0.321 e. The van der Waals surface area contributed by atoms with Crippen molar-refractivity contribution in [3.8, 4) is 0 Å². The molecule has 0 radical (unpaired) electrons. The van der Waals surface area contributed by atoms with Crippen molar-refractivity contribution in [2.24, 2.45) is 11.8 Å². The van der Waals surface area contributed by atoms with E-state index in [1.54, 1.807) is 4.90 Å². The highest BCUT2D eigenvalue weighted by molar-refractivity contribution is 5.92. The number of carboxylic acids is 1. The Kier molecular flexibility index (Phi) is 5.36. The number of hydrogen-bond acceptors (Lipinski definition) is 3. The van der Waals surface area contributed by atoms with Gasteiger partial charge in [0.25, 0.3) is 0 Å². The van der Waals surface area contributed by atoms with Crippen LogP contribution in [-0.2, 0) is 4.79 Å². The number of nitrogens with one attached hydrogen (secondary N) is 1. The van der Waals surface area contributed by atoms with Crippen molar-refractivity contribution in [1.29, 1.82) is 0 Å². The van der Waals surface area contributed by atoms with Gasteiger partial charge in [-0.05, 0) is 49.4 Å². The maximum atomic E-state index is 12.6. The standard InChI is InChI=1S/C18H27N3O3/c1-11-6-14(17(22)23)10-21(9-11)18(24)19-16-12(2)7-15(20(4)5)8-13(16)3/h7-8,11,14H,6,9-10H2,1-5H3,(H,19,24)(H,22,23). The summed E-state index contributed by atoms with van der Waals surface area (Å²) >= 11 is 0. The molecule has 2 atom stereocenters. The molecule has 0 aliphatic carbocycles. The summed E-state index contributed by atoms with van der Waals surface area (Å²) in [6.07, 6.45) is 0.620. The van der Waals surface area contributed by atoms with Crippen LogP contribution in [0.2, 0.25) is 0 Å². The molecule has 0 aromatic heterocycles. The van der Waals surface area contributed by atoms with Crippen LogP contribution in [0.4, 0.5) is 16.2 Å². The van der Waals surface area contributed by atoms with E-state index in [2.05, 4.69) is 5.32 Å². The number of carbonyl (C=O) groups excluding carboxylic acids is 1. The minimum Gasteiger partial charge on any atom is -0.481 e. The summed E-state index contributed by atoms with van der Waals surface area (Å²) in [7, 11) is 3.96. The summed E-state index contributed by atoms with van der Waals surface area (Å²) < 4.78 is 0. The Labute approximate surface area is 143 Å². The Morgan fingerprint density at radius 3 is 2.29 bits per heavy atom. The van der Waals surface area contributed by atoms with E-state index in [1.807, 2.05) is 51.9 Å². The van der Waals surface area contributed by atoms with Gasteiger partial charge in [-0.1, -0.05) is 6.92 Å². The van der Waals surface area contributed by atoms with E-state index < -0.39 is 11.9 Å². The van der Waals surface area contributed by atoms with Gasteiger partial charge in [0.2, 0.25) is 0 Å². The smallest absolute Gasteiger partial charge is 0.321 e. The van der Waals surface area contributed by atoms with Gasteiger partial charge >= 0.3 is 12.0 Å². The molecule has 1 aromatic rings. The van der Waals surface area contributed by atoms with E-state index in [4.69, 9.17) is 0 Å². The van der Waals surface area contributed by atoms with E-state index >= 15 is 0 Å². The van der Waals surface area contributed by atoms with Crippen molar-refractivity contribution >= 4 is 23.4 Å². The first-order chi connectivity index (χ1) is 11.2. The lowest BCUT2D eigenvalue weighted by Gasteiger charge is -2.35. The predicted octanol–water partition coefficient (Wildman–Crippen LogP) is 2.94. The van der Waals surface area contributed by atoms with Crippen LogP contribution in [0, 0.1) is 25.7 Å². The van der Waals surface area contributed by atoms with Crippen LogP contribution in [0.1, 0.15) is 24.5 Å². The number of carbonyl (C=O) groups is 2. The van der Waals surface area contributed by atoms with Crippen LogP contribution >= 0.6 is 0 Å². The molecule has 132 valence electrons. The lowest BCUT2D eigenvalue weighted by atomic mass is 9.91. The highest BCUT2D eigenvalue weighted by Crippen LogP contribution is 2.28. The summed E-state index contributed by atoms with van der Waals surface area (Å²) in [6.45, 7) is 6.77. The Morgan fingerprint density at radius 1 is 1.21 bits per heavy atom. The number of likely N-dealkylation sites (tertiary alicyclic amines) is 1. The molecule has 2 rings (SSSR count). The molecule has 0 spiro atoms. The number of nitrogens with zero attached hydrogens (tertiary/aromatic N) is 2. The van der Waals surface area contributed by atoms with E-state index in [1.165, 1.54) is 0 Å². The summed E-state index contributed by atoms with van der Waals surface area (Å²) in [5.41, 5.74) is 3.87. The molecular weight excluding hydrogens is 306 g/mol. The van der Waals surface area contributed by atoms with Crippen LogP contribution in [0.3, 0.4) is 0 Å². The second-order valence-corrected chi connectivity index (χ2v) is 7.06. The molecule has 0 saturated carbocycles. The maximum absolute atomic E-state index is 12.6. The van der Waals surface area contributed by atoms with E-state index in [-0.39, 0.29) is 18.5 Å². The average molecular weight is 333 g/mol. The fraction of sp³-hybridized carbons (Fsp3) is 0.556. The third-order valence-corrected chi connectivity index (χ3v) is 4.56. The number of anilines is 2. The number of hydrogen-bond donors (Lipinski definition) is 2. The molecule has 2 unspecified atom stereocenters. The first kappa shape index (κ1) is 18.1. The van der Waals surface area contributed by atoms with Crippen LogP contribution in [0.15, 0.2) is 12.1 Å². The van der Waals surface area contributed by atoms with Gasteiger partial charge in [0.15, 0.2) is 0 Å². The molecule has 1 aliphatic rings. The van der Waals surface area contributed by atoms with Gasteiger partial charge in [-0.25, -0.2) is 4.79 Å². The second kappa shape index (κ2) is 7.11. The Morgan fingerprint density at radius 2 is 1.79 bits per heavy atom. The molecule has 1 heterocycles. The van der Waals surface area contributed by atoms with Crippen molar-refractivity contribution in [2.75, 3.05) is 37.4 Å². The number of amides is 2. The van der Waals surface area contributed by atoms with Gasteiger partial charge < -0.3 is 20.2 Å². The highest BCUT2D eigenvalue weighted by Gasteiger charge is 2.32. The number of rotatable bonds is 3. The molecule has 1 saturated heterocycles. The minimum absolute atomic E-state index is 0.184. The quantitative estimate of drug-likeness (QED) is 0.892. The van der Waals surface area contributed by atoms with Crippen LogP contribution in [-0.4, -0.2) is 49.2 Å². The summed E-state index contributed by atoms with van der Waals surface area (Å²) in [6, 6.07) is 3.83. The third-order valence-electron chi connectivity index (χ3n) is 4.56. The van der Waals surface area contributed by atoms with Gasteiger partial charge in [0, 0.05) is 38.6 Å². The van der Waals surface area contributed by atoms with Gasteiger partial charge in [-0.2, -0.15) is 0 Å². The Hall–Kier alpha value is -2.24. The number of urea groups is 1. The monoisotopic (exact) mass is 333 g/mol. The molecule has 0 bridgehead atoms. The number of aryl methyl sites for hydroxylation is 2. The first-order valence-corrected chi connectivity index (χ1v) is 8.26. The molecule has 2 amide bonds. The molecule has 2 N–H and O–H groups in total. The topological polar surface area (TPSA) is 72.9 Å². The number of carboxylic acid groups (broad SMARTS) is 1. The zero-order valence-corrected chi connectivity index (χ0v) is 15.1. The van der Waals surface area contributed by atoms with Crippen LogP contribution in [0.5, 0.6) is 0 Å². The van der Waals surface area contributed by atoms with E-state index in [0.29, 0.717) is 13.0 Å². The molecule has 6 heteroatoms. The Bertz CT molecular complexity index is 619. The summed E-state index contributed by atoms with van der Waals surface area (Å²) in [4.78, 5) is 27.5. The van der Waals surface area contributed by atoms with Crippen molar-refractivity contribution in [3.05, 3.63) is 23.3 Å². The predicted molar refractivity (Wildman–Crippen MR) is 95.7 cm³/mol. The molecular formula is C18H27N3O3. The molecule has 6 nitrogen and oxygen atoms in total. The van der Waals surface area contributed by atoms with Crippen molar-refractivity contribution in [2.45, 2.75) is 27.2 Å². The SMILES string of the molecule is Cc1cc(N(C)C)cc(C)c1NC(=O)N1CC(C)CC(C(=O)O)C1. The number of piperidine rings is 1. The molecule has 24 heavy (non-hydrogen) atoms. The van der Waals surface area contributed by atoms with Crippen molar-refractivity contribution in [1.82, 2.24) is 4.90 Å². The largest absolute Gasteiger partial charge is 0.481 e. The molecule has 1 aromatic carbocycles. The van der Waals surface area contributed by atoms with E-state index in [9.17, 15) is 14.7 Å². The van der Waals surface area contributed by atoms with Crippen molar-refractivity contribution < 1.29 is 14.7 Å². The van der Waals surface area contributed by atoms with Gasteiger partial charge in [0.05, 0.1) is 5.92 Å². The zero-order valence-electron chi connectivity index (χ0n) is 15.1. The number of aliphatic carboxylic acids is 1. The second-order valence-electron chi connectivity index (χ2n) is 7.06. The summed E-state index contributed by atoms with van der Waals surface area (Å²) in [5.74, 6) is -1.14. The first-order valence-electron chi connectivity index (χ1n) is 8.26. The van der Waals surface area contributed by atoms with E-state index in [0.717, 1.165) is 22.5 Å². The zero-order chi connectivity index (χ0) is 18.0. The lowest BCUT2D eigenvalue weighted by Crippen LogP contribution is -2.47. The summed E-state index contributed by atoms with van der Waals surface area (Å²) in [5, 5.41) is 12.2. The normalized spacial score (nSPS) is 20.6. The molecule has 1 fully saturated rings. The average Bonchev–Trinajstić information content (AvgIpc) is 2.49. The lowest BCUT2D eigenvalue weighted by molar-refractivity contribution is -0.143. The molecule has 1 aliphatic heterocycles. The number of benzene rings is 1. The fourth-order valence-electron chi connectivity index (χ4n) is 3.28. The van der Waals surface area contributed by atoms with Crippen LogP contribution < -0.4 is 10.2 Å². The highest BCUT2D eigenvalue weighted by atomic mass is 16.4. The van der Waals surface area contributed by atoms with Gasteiger partial charge in [-0.15, -0.1) is 0 Å². The third kappa shape index (κ3) is 3.99. The fourth-order valence-corrected chi connectivity index (χ4v) is 3.28. The van der Waals surface area contributed by atoms with Crippen LogP contribution in [0.25, 0.3) is 0 Å². The minimum atomic E-state index is -0.831. The van der Waals surface area contributed by atoms with Gasteiger partial charge in [0.1, 0.15) is 0 Å². The van der Waals surface area contributed by atoms with Gasteiger partial charge in [-0.3, -0.25) is 4.79 Å².